The molecule has 1 aromatic rings. The van der Waals surface area contributed by atoms with Crippen molar-refractivity contribution in [2.45, 2.75) is 30.4 Å². The zero-order chi connectivity index (χ0) is 17.4. The Morgan fingerprint density at radius 1 is 1.52 bits per heavy atom. The van der Waals surface area contributed by atoms with Crippen LogP contribution >= 0.6 is 11.6 Å². The molecule has 1 aliphatic heterocycles. The van der Waals surface area contributed by atoms with E-state index in [1.807, 2.05) is 6.07 Å². The predicted octanol–water partition coefficient (Wildman–Crippen LogP) is 0.817. The van der Waals surface area contributed by atoms with Crippen molar-refractivity contribution >= 4 is 27.6 Å². The number of nitriles is 1. The number of hydrogen-bond donors (Lipinski definition) is 1. The van der Waals surface area contributed by atoms with Crippen molar-refractivity contribution in [1.29, 1.82) is 5.26 Å². The lowest BCUT2D eigenvalue weighted by Crippen LogP contribution is -2.45. The van der Waals surface area contributed by atoms with Gasteiger partial charge in [0, 0.05) is 6.54 Å². The Morgan fingerprint density at radius 2 is 2.17 bits per heavy atom. The van der Waals surface area contributed by atoms with Crippen LogP contribution in [0.3, 0.4) is 0 Å². The van der Waals surface area contributed by atoms with E-state index < -0.39 is 28.1 Å². The fraction of sp³-hybridized carbons (Fsp3) is 0.429. The molecule has 9 heteroatoms. The van der Waals surface area contributed by atoms with E-state index in [1.54, 1.807) is 0 Å². The average Bonchev–Trinajstić information content (AvgIpc) is 2.91. The van der Waals surface area contributed by atoms with Crippen molar-refractivity contribution in [3.05, 3.63) is 28.3 Å². The molecule has 2 atom stereocenters. The zero-order valence-corrected chi connectivity index (χ0v) is 14.1. The van der Waals surface area contributed by atoms with E-state index in [0.717, 1.165) is 11.4 Å². The second-order valence-electron chi connectivity index (χ2n) is 5.10. The molecule has 0 radical (unpaired) electrons. The highest BCUT2D eigenvalue weighted by Crippen LogP contribution is 2.32. The third-order valence-electron chi connectivity index (χ3n) is 3.81. The van der Waals surface area contributed by atoms with Crippen molar-refractivity contribution < 1.29 is 23.1 Å². The first-order chi connectivity index (χ1) is 10.8. The summed E-state index contributed by atoms with van der Waals surface area (Å²) in [6.07, 6.45) is -1.01. The normalized spacial score (nSPS) is 21.9. The summed E-state index contributed by atoms with van der Waals surface area (Å²) in [4.78, 5) is 11.7. The Morgan fingerprint density at radius 3 is 2.74 bits per heavy atom. The lowest BCUT2D eigenvalue weighted by atomic mass is 10.1. The molecule has 0 amide bonds. The van der Waals surface area contributed by atoms with Crippen LogP contribution in [-0.4, -0.2) is 49.6 Å². The molecule has 1 N–H and O–H groups in total. The molecule has 1 aromatic carbocycles. The molecule has 2 unspecified atom stereocenters. The van der Waals surface area contributed by atoms with Gasteiger partial charge in [-0.1, -0.05) is 11.6 Å². The third kappa shape index (κ3) is 2.93. The summed E-state index contributed by atoms with van der Waals surface area (Å²) in [7, 11) is -2.95. The Balaban J connectivity index is 2.53. The second-order valence-corrected chi connectivity index (χ2v) is 7.34. The highest BCUT2D eigenvalue weighted by Gasteiger charge is 2.46. The van der Waals surface area contributed by atoms with Crippen LogP contribution in [0.1, 0.15) is 17.5 Å². The lowest BCUT2D eigenvalue weighted by Gasteiger charge is -2.24. The highest BCUT2D eigenvalue weighted by molar-refractivity contribution is 7.89. The molecule has 0 spiro atoms. The van der Waals surface area contributed by atoms with E-state index in [-0.39, 0.29) is 34.0 Å². The van der Waals surface area contributed by atoms with Gasteiger partial charge in [-0.25, -0.2) is 8.42 Å². The first-order valence-corrected chi connectivity index (χ1v) is 8.54. The number of methoxy groups -OCH3 is 1. The minimum Gasteiger partial charge on any atom is -0.468 e. The number of hydrogen-bond acceptors (Lipinski definition) is 6. The van der Waals surface area contributed by atoms with Gasteiger partial charge in [-0.3, -0.25) is 4.79 Å². The van der Waals surface area contributed by atoms with Crippen LogP contribution in [0.2, 0.25) is 5.02 Å². The molecule has 1 saturated heterocycles. The van der Waals surface area contributed by atoms with E-state index in [2.05, 4.69) is 4.74 Å². The first-order valence-electron chi connectivity index (χ1n) is 6.72. The molecule has 0 saturated carbocycles. The maximum absolute atomic E-state index is 12.8. The highest BCUT2D eigenvalue weighted by atomic mass is 35.5. The minimum absolute atomic E-state index is 0.0136. The zero-order valence-electron chi connectivity index (χ0n) is 12.5. The van der Waals surface area contributed by atoms with Crippen molar-refractivity contribution in [3.8, 4) is 6.07 Å². The molecule has 0 aliphatic carbocycles. The van der Waals surface area contributed by atoms with Crippen molar-refractivity contribution in [2.75, 3.05) is 13.7 Å². The first kappa shape index (κ1) is 17.7. The summed E-state index contributed by atoms with van der Waals surface area (Å²) in [5.41, 5.74) is 0.379. The van der Waals surface area contributed by atoms with Crippen LogP contribution in [0.5, 0.6) is 0 Å². The predicted molar refractivity (Wildman–Crippen MR) is 81.2 cm³/mol. The van der Waals surface area contributed by atoms with E-state index in [4.69, 9.17) is 16.9 Å². The molecule has 7 nitrogen and oxygen atoms in total. The number of aliphatic hydroxyl groups excluding tert-OH is 1. The van der Waals surface area contributed by atoms with Gasteiger partial charge in [0.05, 0.1) is 28.7 Å². The van der Waals surface area contributed by atoms with Gasteiger partial charge in [-0.2, -0.15) is 9.57 Å². The fourth-order valence-electron chi connectivity index (χ4n) is 2.57. The number of nitrogens with zero attached hydrogens (tertiary/aromatic N) is 2. The summed E-state index contributed by atoms with van der Waals surface area (Å²) < 4.78 is 31.2. The summed E-state index contributed by atoms with van der Waals surface area (Å²) in [6, 6.07) is 3.16. The van der Waals surface area contributed by atoms with Crippen LogP contribution in [-0.2, 0) is 19.6 Å². The van der Waals surface area contributed by atoms with Gasteiger partial charge in [0.1, 0.15) is 12.1 Å². The van der Waals surface area contributed by atoms with E-state index in [0.29, 0.717) is 0 Å². The molecule has 0 bridgehead atoms. The number of esters is 1. The van der Waals surface area contributed by atoms with Gasteiger partial charge in [0.15, 0.2) is 0 Å². The smallest absolute Gasteiger partial charge is 0.326 e. The molecule has 1 aliphatic rings. The third-order valence-corrected chi connectivity index (χ3v) is 6.32. The standard InChI is InChI=1S/C14H15ClN2O5S/c1-8-11(4-3-9(7-16)12(8)15)23(20,21)17-6-5-10(18)13(17)14(19)22-2/h3-4,10,13,18H,5-6H2,1-2H3. The molecule has 124 valence electrons. The number of halogens is 1. The lowest BCUT2D eigenvalue weighted by molar-refractivity contribution is -0.146. The summed E-state index contributed by atoms with van der Waals surface area (Å²) in [6.45, 7) is 1.47. The molecule has 1 heterocycles. The van der Waals surface area contributed by atoms with E-state index in [9.17, 15) is 18.3 Å². The number of carbonyl (C=O) groups excluding carboxylic acids is 1. The largest absolute Gasteiger partial charge is 0.468 e. The van der Waals surface area contributed by atoms with E-state index in [1.165, 1.54) is 19.1 Å². The Labute approximate surface area is 139 Å². The van der Waals surface area contributed by atoms with Gasteiger partial charge in [0.25, 0.3) is 0 Å². The molecular formula is C14H15ClN2O5S. The van der Waals surface area contributed by atoms with Gasteiger partial charge in [-0.15, -0.1) is 0 Å². The van der Waals surface area contributed by atoms with Crippen molar-refractivity contribution in [1.82, 2.24) is 4.31 Å². The van der Waals surface area contributed by atoms with Crippen LogP contribution in [0.25, 0.3) is 0 Å². The molecule has 2 rings (SSSR count). The van der Waals surface area contributed by atoms with Crippen LogP contribution in [0.15, 0.2) is 17.0 Å². The van der Waals surface area contributed by atoms with Crippen molar-refractivity contribution in [3.63, 3.8) is 0 Å². The average molecular weight is 359 g/mol. The van der Waals surface area contributed by atoms with Crippen LogP contribution < -0.4 is 0 Å². The Hall–Kier alpha value is -1.66. The maximum atomic E-state index is 12.8. The number of carbonyl (C=O) groups is 1. The van der Waals surface area contributed by atoms with Crippen molar-refractivity contribution in [2.24, 2.45) is 0 Å². The monoisotopic (exact) mass is 358 g/mol. The van der Waals surface area contributed by atoms with Gasteiger partial charge >= 0.3 is 5.97 Å². The molecule has 1 fully saturated rings. The van der Waals surface area contributed by atoms with Gasteiger partial charge in [-0.05, 0) is 31.0 Å². The summed E-state index contributed by atoms with van der Waals surface area (Å²) >= 11 is 6.02. The molecule has 0 aromatic heterocycles. The second kappa shape index (κ2) is 6.45. The quantitative estimate of drug-likeness (QED) is 0.801. The topological polar surface area (TPSA) is 108 Å². The Kier molecular flexibility index (Phi) is 4.96. The SMILES string of the molecule is COC(=O)C1C(O)CCN1S(=O)(=O)c1ccc(C#N)c(Cl)c1C. The van der Waals surface area contributed by atoms with Crippen LogP contribution in [0.4, 0.5) is 0 Å². The minimum atomic E-state index is -4.08. The Bertz CT molecular complexity index is 787. The number of benzene rings is 1. The molecule has 23 heavy (non-hydrogen) atoms. The van der Waals surface area contributed by atoms with Crippen LogP contribution in [0, 0.1) is 18.3 Å². The number of aliphatic hydroxyl groups is 1. The van der Waals surface area contributed by atoms with Gasteiger partial charge < -0.3 is 9.84 Å². The maximum Gasteiger partial charge on any atom is 0.326 e. The molecular weight excluding hydrogens is 344 g/mol. The number of rotatable bonds is 3. The van der Waals surface area contributed by atoms with Gasteiger partial charge in [0.2, 0.25) is 10.0 Å². The van der Waals surface area contributed by atoms with E-state index >= 15 is 0 Å². The summed E-state index contributed by atoms with van der Waals surface area (Å²) in [5.74, 6) is -0.823. The number of ether oxygens (including phenoxy) is 1. The fourth-order valence-corrected chi connectivity index (χ4v) is 4.69. The summed E-state index contributed by atoms with van der Waals surface area (Å²) in [5, 5.41) is 18.9. The number of sulfonamides is 1.